The smallest absolute Gasteiger partial charge is 0.240 e. The molecule has 4 aromatic rings. The van der Waals surface area contributed by atoms with Crippen LogP contribution < -0.4 is 15.8 Å². The second-order valence-corrected chi connectivity index (χ2v) is 11.1. The zero-order valence-corrected chi connectivity index (χ0v) is 21.8. The number of sulfonamides is 1. The highest BCUT2D eigenvalue weighted by Gasteiger charge is 2.23. The van der Waals surface area contributed by atoms with E-state index in [0.717, 1.165) is 34.9 Å². The predicted octanol–water partition coefficient (Wildman–Crippen LogP) is 3.83. The molecule has 0 spiro atoms. The normalized spacial score (nSPS) is 15.6. The van der Waals surface area contributed by atoms with Crippen molar-refractivity contribution in [3.8, 4) is 11.3 Å². The van der Waals surface area contributed by atoms with Gasteiger partial charge in [-0.05, 0) is 49.1 Å². The van der Waals surface area contributed by atoms with Gasteiger partial charge in [-0.15, -0.1) is 10.2 Å². The lowest BCUT2D eigenvalue weighted by molar-refractivity contribution is -0.117. The molecule has 9 nitrogen and oxygen atoms in total. The van der Waals surface area contributed by atoms with E-state index in [2.05, 4.69) is 20.2 Å². The second-order valence-electron chi connectivity index (χ2n) is 9.38. The minimum absolute atomic E-state index is 0.0949. The highest BCUT2D eigenvalue weighted by Crippen LogP contribution is 2.33. The number of aryl methyl sites for hydroxylation is 1. The average molecular weight is 532 g/mol. The maximum Gasteiger partial charge on any atom is 0.240 e. The van der Waals surface area contributed by atoms with Crippen molar-refractivity contribution in [2.75, 3.05) is 18.5 Å². The Morgan fingerprint density at radius 2 is 1.82 bits per heavy atom. The summed E-state index contributed by atoms with van der Waals surface area (Å²) in [6.45, 7) is 2.69. The second kappa shape index (κ2) is 10.9. The standard InChI is InChI=1S/C28H29N5O4S/c1-18-8-11-20(16-25(18)38(35,36)30-17-22-5-4-14-37-22)27-23-6-2-3-7-24(23)28(33-32-27)31-21-12-9-19(10-13-21)15-26(29)34/h2-3,6-13,16,22,30H,4-5,14-15,17H2,1H3,(H2,29,34)(H,31,33)/t22-/m0/s1. The number of nitrogens with two attached hydrogens (primary N) is 1. The van der Waals surface area contributed by atoms with Crippen molar-refractivity contribution >= 4 is 38.2 Å². The predicted molar refractivity (Wildman–Crippen MR) is 146 cm³/mol. The van der Waals surface area contributed by atoms with Crippen molar-refractivity contribution in [1.29, 1.82) is 0 Å². The molecule has 2 heterocycles. The van der Waals surface area contributed by atoms with Crippen LogP contribution in [0.2, 0.25) is 0 Å². The first-order valence-corrected chi connectivity index (χ1v) is 13.9. The quantitative estimate of drug-likeness (QED) is 0.299. The van der Waals surface area contributed by atoms with Crippen LogP contribution in [-0.4, -0.2) is 43.8 Å². The lowest BCUT2D eigenvalue weighted by Crippen LogP contribution is -2.32. The molecule has 0 radical (unpaired) electrons. The summed E-state index contributed by atoms with van der Waals surface area (Å²) in [6, 6.07) is 20.3. The lowest BCUT2D eigenvalue weighted by atomic mass is 10.0. The summed E-state index contributed by atoms with van der Waals surface area (Å²) in [5, 5.41) is 13.9. The summed E-state index contributed by atoms with van der Waals surface area (Å²) >= 11 is 0. The summed E-state index contributed by atoms with van der Waals surface area (Å²) in [4.78, 5) is 11.4. The van der Waals surface area contributed by atoms with E-state index < -0.39 is 10.0 Å². The van der Waals surface area contributed by atoms with Crippen LogP contribution in [0, 0.1) is 6.92 Å². The van der Waals surface area contributed by atoms with Crippen molar-refractivity contribution in [2.45, 2.75) is 37.2 Å². The fourth-order valence-corrected chi connectivity index (χ4v) is 5.91. The molecule has 0 bridgehead atoms. The minimum atomic E-state index is -3.74. The molecular formula is C28H29N5O4S. The van der Waals surface area contributed by atoms with E-state index in [9.17, 15) is 13.2 Å². The molecule has 38 heavy (non-hydrogen) atoms. The highest BCUT2D eigenvalue weighted by atomic mass is 32.2. The number of nitrogens with zero attached hydrogens (tertiary/aromatic N) is 2. The van der Waals surface area contributed by atoms with Crippen LogP contribution >= 0.6 is 0 Å². The first kappa shape index (κ1) is 25.8. The van der Waals surface area contributed by atoms with E-state index >= 15 is 0 Å². The Bertz CT molecular complexity index is 1580. The van der Waals surface area contributed by atoms with E-state index in [1.165, 1.54) is 0 Å². The van der Waals surface area contributed by atoms with Crippen LogP contribution in [0.1, 0.15) is 24.0 Å². The molecule has 1 saturated heterocycles. The van der Waals surface area contributed by atoms with Crippen molar-refractivity contribution in [1.82, 2.24) is 14.9 Å². The summed E-state index contributed by atoms with van der Waals surface area (Å²) in [6.07, 6.45) is 1.87. The van der Waals surface area contributed by atoms with E-state index in [4.69, 9.17) is 10.5 Å². The van der Waals surface area contributed by atoms with E-state index in [1.807, 2.05) is 54.6 Å². The van der Waals surface area contributed by atoms with Gasteiger partial charge >= 0.3 is 0 Å². The number of benzene rings is 3. The van der Waals surface area contributed by atoms with Crippen LogP contribution in [0.4, 0.5) is 11.5 Å². The SMILES string of the molecule is Cc1ccc(-c2nnc(Nc3ccc(CC(N)=O)cc3)c3ccccc23)cc1S(=O)(=O)NC[C@@H]1CCCO1. The number of primary amides is 1. The molecule has 1 amide bonds. The van der Waals surface area contributed by atoms with Gasteiger partial charge in [0.25, 0.3) is 0 Å². The van der Waals surface area contributed by atoms with Gasteiger partial charge in [-0.2, -0.15) is 0 Å². The number of anilines is 2. The molecule has 1 fully saturated rings. The Hall–Kier alpha value is -3.86. The van der Waals surface area contributed by atoms with Gasteiger partial charge in [0.2, 0.25) is 15.9 Å². The monoisotopic (exact) mass is 531 g/mol. The summed E-state index contributed by atoms with van der Waals surface area (Å²) in [7, 11) is -3.74. The first-order valence-electron chi connectivity index (χ1n) is 12.4. The number of nitrogens with one attached hydrogen (secondary N) is 2. The van der Waals surface area contributed by atoms with Crippen LogP contribution in [0.15, 0.2) is 71.6 Å². The maximum absolute atomic E-state index is 13.2. The molecule has 0 aliphatic carbocycles. The number of aromatic nitrogens is 2. The largest absolute Gasteiger partial charge is 0.377 e. The number of rotatable bonds is 9. The Labute approximate surface area is 221 Å². The minimum Gasteiger partial charge on any atom is -0.377 e. The molecule has 10 heteroatoms. The van der Waals surface area contributed by atoms with Crippen molar-refractivity contribution in [2.24, 2.45) is 5.73 Å². The summed E-state index contributed by atoms with van der Waals surface area (Å²) < 4.78 is 34.6. The van der Waals surface area contributed by atoms with Crippen LogP contribution in [0.25, 0.3) is 22.0 Å². The fourth-order valence-electron chi connectivity index (χ4n) is 4.58. The third-order valence-electron chi connectivity index (χ3n) is 6.56. The molecule has 1 aliphatic heterocycles. The number of carbonyl (C=O) groups excluding carboxylic acids is 1. The Morgan fingerprint density at radius 3 is 2.53 bits per heavy atom. The Balaban J connectivity index is 1.45. The molecule has 1 aliphatic rings. The van der Waals surface area contributed by atoms with Gasteiger partial charge in [-0.25, -0.2) is 13.1 Å². The highest BCUT2D eigenvalue weighted by molar-refractivity contribution is 7.89. The molecule has 0 unspecified atom stereocenters. The zero-order valence-electron chi connectivity index (χ0n) is 21.0. The molecule has 4 N–H and O–H groups in total. The topological polar surface area (TPSA) is 136 Å². The van der Waals surface area contributed by atoms with Crippen molar-refractivity contribution in [3.05, 3.63) is 77.9 Å². The van der Waals surface area contributed by atoms with Gasteiger partial charge in [-0.3, -0.25) is 4.79 Å². The third kappa shape index (κ3) is 5.67. The number of ether oxygens (including phenoxy) is 1. The zero-order chi connectivity index (χ0) is 26.7. The first-order chi connectivity index (χ1) is 18.3. The number of carbonyl (C=O) groups is 1. The Kier molecular flexibility index (Phi) is 7.37. The number of hydrogen-bond acceptors (Lipinski definition) is 7. The molecule has 5 rings (SSSR count). The lowest BCUT2D eigenvalue weighted by Gasteiger charge is -2.15. The number of amides is 1. The molecule has 3 aromatic carbocycles. The molecular weight excluding hydrogens is 502 g/mol. The van der Waals surface area contributed by atoms with E-state index in [0.29, 0.717) is 29.2 Å². The van der Waals surface area contributed by atoms with Gasteiger partial charge in [0.05, 0.1) is 17.4 Å². The van der Waals surface area contributed by atoms with E-state index in [-0.39, 0.29) is 29.9 Å². The number of fused-ring (bicyclic) bond motifs is 1. The third-order valence-corrected chi connectivity index (χ3v) is 8.12. The van der Waals surface area contributed by atoms with Crippen LogP contribution in [0.5, 0.6) is 0 Å². The molecule has 0 saturated carbocycles. The average Bonchev–Trinajstić information content (AvgIpc) is 3.43. The van der Waals surface area contributed by atoms with E-state index in [1.54, 1.807) is 19.1 Å². The van der Waals surface area contributed by atoms with Crippen LogP contribution in [-0.2, 0) is 26.0 Å². The van der Waals surface area contributed by atoms with Gasteiger partial charge in [0.15, 0.2) is 5.82 Å². The molecule has 1 atom stereocenters. The van der Waals surface area contributed by atoms with Crippen molar-refractivity contribution < 1.29 is 17.9 Å². The maximum atomic E-state index is 13.2. The van der Waals surface area contributed by atoms with Gasteiger partial charge in [0, 0.05) is 35.2 Å². The Morgan fingerprint density at radius 1 is 1.05 bits per heavy atom. The molecule has 1 aromatic heterocycles. The fraction of sp³-hybridized carbons (Fsp3) is 0.250. The molecule has 196 valence electrons. The number of hydrogen-bond donors (Lipinski definition) is 3. The van der Waals surface area contributed by atoms with Gasteiger partial charge in [0.1, 0.15) is 5.69 Å². The van der Waals surface area contributed by atoms with Crippen molar-refractivity contribution in [3.63, 3.8) is 0 Å². The van der Waals surface area contributed by atoms with Crippen LogP contribution in [0.3, 0.4) is 0 Å². The summed E-state index contributed by atoms with van der Waals surface area (Å²) in [5.41, 5.74) is 8.76. The van der Waals surface area contributed by atoms with Gasteiger partial charge in [-0.1, -0.05) is 48.5 Å². The summed E-state index contributed by atoms with van der Waals surface area (Å²) in [5.74, 6) is 0.175. The van der Waals surface area contributed by atoms with Gasteiger partial charge < -0.3 is 15.8 Å².